The van der Waals surface area contributed by atoms with Gasteiger partial charge in [0.25, 0.3) is 5.92 Å². The van der Waals surface area contributed by atoms with E-state index in [0.29, 0.717) is 19.5 Å². The number of hydrogen-bond acceptors (Lipinski definition) is 2. The molecule has 2 heterocycles. The average molecular weight is 206 g/mol. The Kier molecular flexibility index (Phi) is 2.10. The zero-order valence-corrected chi connectivity index (χ0v) is 7.54. The van der Waals surface area contributed by atoms with Crippen LogP contribution in [-0.2, 0) is 0 Å². The molecule has 0 saturated carbocycles. The predicted molar refractivity (Wildman–Crippen MR) is 44.4 cm³/mol. The van der Waals surface area contributed by atoms with Gasteiger partial charge in [0.15, 0.2) is 0 Å². The van der Waals surface area contributed by atoms with Crippen LogP contribution in [0, 0.1) is 5.92 Å². The first-order valence-corrected chi connectivity index (χ1v) is 4.60. The van der Waals surface area contributed by atoms with Crippen molar-refractivity contribution < 1.29 is 18.7 Å². The number of piperidine rings is 1. The summed E-state index contributed by atoms with van der Waals surface area (Å²) in [5.74, 6) is -3.66. The molecule has 80 valence electrons. The summed E-state index contributed by atoms with van der Waals surface area (Å²) in [6, 6.07) is -0.559. The van der Waals surface area contributed by atoms with E-state index in [1.54, 1.807) is 0 Å². The molecular formula is C8H12F2N2O2. The molecular weight excluding hydrogens is 194 g/mol. The first-order chi connectivity index (χ1) is 6.52. The Morgan fingerprint density at radius 3 is 2.93 bits per heavy atom. The maximum atomic E-state index is 13.4. The molecule has 0 aromatic heterocycles. The second-order valence-corrected chi connectivity index (χ2v) is 3.84. The van der Waals surface area contributed by atoms with Gasteiger partial charge < -0.3 is 10.4 Å². The van der Waals surface area contributed by atoms with E-state index in [9.17, 15) is 13.6 Å². The summed E-state index contributed by atoms with van der Waals surface area (Å²) in [5, 5.41) is 11.7. The summed E-state index contributed by atoms with van der Waals surface area (Å²) in [4.78, 5) is 11.6. The molecule has 0 aromatic carbocycles. The van der Waals surface area contributed by atoms with E-state index in [2.05, 4.69) is 5.32 Å². The van der Waals surface area contributed by atoms with E-state index >= 15 is 0 Å². The lowest BCUT2D eigenvalue weighted by atomic mass is 9.91. The molecule has 2 rings (SSSR count). The third-order valence-electron chi connectivity index (χ3n) is 3.02. The Bertz CT molecular complexity index is 260. The smallest absolute Gasteiger partial charge is 0.407 e. The van der Waals surface area contributed by atoms with Gasteiger partial charge in [-0.05, 0) is 13.0 Å². The summed E-state index contributed by atoms with van der Waals surface area (Å²) in [5.41, 5.74) is 0. The van der Waals surface area contributed by atoms with E-state index in [4.69, 9.17) is 5.11 Å². The highest BCUT2D eigenvalue weighted by molar-refractivity contribution is 5.66. The lowest BCUT2D eigenvalue weighted by Gasteiger charge is -2.30. The molecule has 4 nitrogen and oxygen atoms in total. The van der Waals surface area contributed by atoms with Gasteiger partial charge in [-0.3, -0.25) is 4.90 Å². The third kappa shape index (κ3) is 1.33. The first-order valence-electron chi connectivity index (χ1n) is 4.60. The molecule has 2 aliphatic rings. The molecule has 2 atom stereocenters. The molecule has 14 heavy (non-hydrogen) atoms. The molecule has 6 heteroatoms. The number of fused-ring (bicyclic) bond motifs is 1. The SMILES string of the molecule is O=C(O)N1CC(F)(F)C2CCNCC21. The van der Waals surface area contributed by atoms with Crippen LogP contribution in [0.1, 0.15) is 6.42 Å². The number of carbonyl (C=O) groups is 1. The normalized spacial score (nSPS) is 35.4. The minimum atomic E-state index is -2.86. The third-order valence-corrected chi connectivity index (χ3v) is 3.02. The summed E-state index contributed by atoms with van der Waals surface area (Å²) in [6.07, 6.45) is -0.901. The molecule has 0 bridgehead atoms. The van der Waals surface area contributed by atoms with Crippen LogP contribution < -0.4 is 5.32 Å². The number of likely N-dealkylation sites (tertiary alicyclic amines) is 1. The molecule has 0 spiro atoms. The van der Waals surface area contributed by atoms with Crippen LogP contribution in [0.15, 0.2) is 0 Å². The van der Waals surface area contributed by atoms with Crippen molar-refractivity contribution in [2.75, 3.05) is 19.6 Å². The van der Waals surface area contributed by atoms with Gasteiger partial charge in [-0.15, -0.1) is 0 Å². The summed E-state index contributed by atoms with van der Waals surface area (Å²) < 4.78 is 26.7. The fraction of sp³-hybridized carbons (Fsp3) is 0.875. The Hall–Kier alpha value is -0.910. The van der Waals surface area contributed by atoms with E-state index in [0.717, 1.165) is 4.90 Å². The first kappa shape index (κ1) is 9.64. The second-order valence-electron chi connectivity index (χ2n) is 3.84. The predicted octanol–water partition coefficient (Wildman–Crippen LogP) is 0.593. The van der Waals surface area contributed by atoms with Gasteiger partial charge in [0.05, 0.1) is 12.6 Å². The molecule has 2 fully saturated rings. The highest BCUT2D eigenvalue weighted by Gasteiger charge is 2.56. The maximum absolute atomic E-state index is 13.4. The van der Waals surface area contributed by atoms with Gasteiger partial charge in [-0.1, -0.05) is 0 Å². The van der Waals surface area contributed by atoms with Crippen LogP contribution in [-0.4, -0.2) is 47.7 Å². The molecule has 2 unspecified atom stereocenters. The maximum Gasteiger partial charge on any atom is 0.407 e. The van der Waals surface area contributed by atoms with Gasteiger partial charge in [0.2, 0.25) is 0 Å². The van der Waals surface area contributed by atoms with Crippen LogP contribution in [0.25, 0.3) is 0 Å². The molecule has 2 N–H and O–H groups in total. The van der Waals surface area contributed by atoms with Crippen molar-refractivity contribution in [3.63, 3.8) is 0 Å². The number of nitrogens with zero attached hydrogens (tertiary/aromatic N) is 1. The fourth-order valence-electron chi connectivity index (χ4n) is 2.33. The average Bonchev–Trinajstić information content (AvgIpc) is 2.40. The molecule has 2 saturated heterocycles. The Balaban J connectivity index is 2.21. The van der Waals surface area contributed by atoms with Crippen LogP contribution in [0.5, 0.6) is 0 Å². The molecule has 0 aromatic rings. The molecule has 2 aliphatic heterocycles. The number of carboxylic acid groups (broad SMARTS) is 1. The van der Waals surface area contributed by atoms with Crippen LogP contribution >= 0.6 is 0 Å². The second kappa shape index (κ2) is 3.05. The Morgan fingerprint density at radius 1 is 1.57 bits per heavy atom. The minimum Gasteiger partial charge on any atom is -0.465 e. The van der Waals surface area contributed by atoms with Crippen molar-refractivity contribution in [3.8, 4) is 0 Å². The van der Waals surface area contributed by atoms with Crippen molar-refractivity contribution in [2.45, 2.75) is 18.4 Å². The van der Waals surface area contributed by atoms with Crippen molar-refractivity contribution >= 4 is 6.09 Å². The van der Waals surface area contributed by atoms with E-state index < -0.39 is 30.5 Å². The van der Waals surface area contributed by atoms with Crippen molar-refractivity contribution in [1.82, 2.24) is 10.2 Å². The van der Waals surface area contributed by atoms with Crippen LogP contribution in [0.3, 0.4) is 0 Å². The monoisotopic (exact) mass is 206 g/mol. The number of halogens is 2. The number of amides is 1. The summed E-state index contributed by atoms with van der Waals surface area (Å²) >= 11 is 0. The quantitative estimate of drug-likeness (QED) is 0.610. The van der Waals surface area contributed by atoms with Gasteiger partial charge in [-0.25, -0.2) is 13.6 Å². The van der Waals surface area contributed by atoms with E-state index in [1.165, 1.54) is 0 Å². The number of hydrogen-bond donors (Lipinski definition) is 2. The summed E-state index contributed by atoms with van der Waals surface area (Å²) in [7, 11) is 0. The van der Waals surface area contributed by atoms with Crippen molar-refractivity contribution in [3.05, 3.63) is 0 Å². The highest BCUT2D eigenvalue weighted by Crippen LogP contribution is 2.40. The molecule has 1 amide bonds. The van der Waals surface area contributed by atoms with Crippen molar-refractivity contribution in [2.24, 2.45) is 5.92 Å². The van der Waals surface area contributed by atoms with Crippen LogP contribution in [0.2, 0.25) is 0 Å². The van der Waals surface area contributed by atoms with Crippen LogP contribution in [0.4, 0.5) is 13.6 Å². The number of rotatable bonds is 0. The Labute approximate surface area is 79.9 Å². The van der Waals surface area contributed by atoms with Crippen molar-refractivity contribution in [1.29, 1.82) is 0 Å². The van der Waals surface area contributed by atoms with Gasteiger partial charge in [0.1, 0.15) is 0 Å². The van der Waals surface area contributed by atoms with Gasteiger partial charge in [0, 0.05) is 12.5 Å². The van der Waals surface area contributed by atoms with E-state index in [1.807, 2.05) is 0 Å². The topological polar surface area (TPSA) is 52.6 Å². The number of alkyl halides is 2. The van der Waals surface area contributed by atoms with E-state index in [-0.39, 0.29) is 0 Å². The zero-order chi connectivity index (χ0) is 10.3. The van der Waals surface area contributed by atoms with Gasteiger partial charge in [-0.2, -0.15) is 0 Å². The number of nitrogens with one attached hydrogen (secondary N) is 1. The molecule has 0 aliphatic carbocycles. The largest absolute Gasteiger partial charge is 0.465 e. The summed E-state index contributed by atoms with van der Waals surface area (Å²) in [6.45, 7) is 0.232. The highest BCUT2D eigenvalue weighted by atomic mass is 19.3. The fourth-order valence-corrected chi connectivity index (χ4v) is 2.33. The Morgan fingerprint density at radius 2 is 2.29 bits per heavy atom. The minimum absolute atomic E-state index is 0.340. The molecule has 0 radical (unpaired) electrons. The standard InChI is InChI=1S/C8H12F2N2O2/c9-8(10)4-12(7(13)14)6-3-11-2-1-5(6)8/h5-6,11H,1-4H2,(H,13,14). The zero-order valence-electron chi connectivity index (χ0n) is 7.54. The lowest BCUT2D eigenvalue weighted by molar-refractivity contribution is -0.0355. The lowest BCUT2D eigenvalue weighted by Crippen LogP contribution is -2.48. The van der Waals surface area contributed by atoms with Gasteiger partial charge >= 0.3 is 6.09 Å².